The zero-order chi connectivity index (χ0) is 12.3. The van der Waals surface area contributed by atoms with Gasteiger partial charge in [-0.25, -0.2) is 0 Å². The molecule has 0 atom stereocenters. The van der Waals surface area contributed by atoms with Crippen LogP contribution >= 0.6 is 0 Å². The summed E-state index contributed by atoms with van der Waals surface area (Å²) < 4.78 is 7.56. The van der Waals surface area contributed by atoms with Crippen molar-refractivity contribution in [2.45, 2.75) is 13.3 Å². The van der Waals surface area contributed by atoms with Crippen molar-refractivity contribution in [2.75, 3.05) is 12.3 Å². The molecule has 0 saturated heterocycles. The van der Waals surface area contributed by atoms with Crippen molar-refractivity contribution in [3.05, 3.63) is 35.9 Å². The van der Waals surface area contributed by atoms with Crippen molar-refractivity contribution >= 4 is 5.69 Å². The summed E-state index contributed by atoms with van der Waals surface area (Å²) in [6.07, 6.45) is 0.738. The number of nitrogens with two attached hydrogens (primary N) is 1. The third kappa shape index (κ3) is 2.75. The number of anilines is 1. The number of aromatic nitrogens is 3. The third-order valence-corrected chi connectivity index (χ3v) is 2.66. The Kier molecular flexibility index (Phi) is 3.27. The molecule has 90 valence electrons. The van der Waals surface area contributed by atoms with Crippen LogP contribution in [0.5, 0.6) is 5.75 Å². The average Bonchev–Trinajstić information content (AvgIpc) is 2.64. The van der Waals surface area contributed by atoms with Crippen molar-refractivity contribution in [1.82, 2.24) is 14.8 Å². The van der Waals surface area contributed by atoms with E-state index in [1.54, 1.807) is 0 Å². The first-order chi connectivity index (χ1) is 8.16. The van der Waals surface area contributed by atoms with E-state index in [4.69, 9.17) is 10.5 Å². The van der Waals surface area contributed by atoms with Gasteiger partial charge in [-0.1, -0.05) is 0 Å². The molecule has 0 spiro atoms. The van der Waals surface area contributed by atoms with Gasteiger partial charge in [0.05, 0.1) is 6.61 Å². The molecule has 5 nitrogen and oxygen atoms in total. The predicted molar refractivity (Wildman–Crippen MR) is 65.8 cm³/mol. The molecule has 2 aromatic rings. The van der Waals surface area contributed by atoms with Crippen LogP contribution in [-0.4, -0.2) is 21.4 Å². The molecule has 0 aliphatic heterocycles. The molecule has 0 saturated carbocycles. The van der Waals surface area contributed by atoms with Gasteiger partial charge in [0.2, 0.25) is 0 Å². The van der Waals surface area contributed by atoms with Gasteiger partial charge in [0.15, 0.2) is 0 Å². The number of nitrogens with zero attached hydrogens (tertiary/aromatic N) is 3. The molecule has 17 heavy (non-hydrogen) atoms. The summed E-state index contributed by atoms with van der Waals surface area (Å²) in [6, 6.07) is 7.36. The van der Waals surface area contributed by atoms with Gasteiger partial charge in [-0.15, -0.1) is 10.2 Å². The van der Waals surface area contributed by atoms with E-state index in [1.807, 2.05) is 42.8 Å². The lowest BCUT2D eigenvalue weighted by molar-refractivity contribution is 0.317. The molecule has 0 aliphatic rings. The van der Waals surface area contributed by atoms with Gasteiger partial charge < -0.3 is 15.0 Å². The molecule has 0 amide bonds. The number of nitrogen functional groups attached to an aromatic ring is 1. The fourth-order valence-corrected chi connectivity index (χ4v) is 1.49. The summed E-state index contributed by atoms with van der Waals surface area (Å²) >= 11 is 0. The first-order valence-electron chi connectivity index (χ1n) is 5.50. The van der Waals surface area contributed by atoms with E-state index in [1.165, 1.54) is 0 Å². The zero-order valence-corrected chi connectivity index (χ0v) is 10.1. The Morgan fingerprint density at radius 2 is 1.94 bits per heavy atom. The Morgan fingerprint density at radius 1 is 1.24 bits per heavy atom. The third-order valence-electron chi connectivity index (χ3n) is 2.66. The van der Waals surface area contributed by atoms with Crippen LogP contribution in [0.25, 0.3) is 0 Å². The molecule has 1 aromatic carbocycles. The maximum Gasteiger partial charge on any atom is 0.136 e. The van der Waals surface area contributed by atoms with Gasteiger partial charge in [-0.2, -0.15) is 0 Å². The minimum absolute atomic E-state index is 0.579. The van der Waals surface area contributed by atoms with Crippen molar-refractivity contribution in [3.63, 3.8) is 0 Å². The minimum atomic E-state index is 0.579. The molecular formula is C12H16N4O. The molecule has 0 radical (unpaired) electrons. The van der Waals surface area contributed by atoms with Crippen LogP contribution < -0.4 is 10.5 Å². The van der Waals surface area contributed by atoms with Crippen LogP contribution in [0, 0.1) is 6.92 Å². The second-order valence-electron chi connectivity index (χ2n) is 3.89. The summed E-state index contributed by atoms with van der Waals surface area (Å²) in [5.41, 5.74) is 6.33. The van der Waals surface area contributed by atoms with Gasteiger partial charge >= 0.3 is 0 Å². The highest BCUT2D eigenvalue weighted by Gasteiger charge is 2.04. The first kappa shape index (κ1) is 11.4. The van der Waals surface area contributed by atoms with Gasteiger partial charge in [0, 0.05) is 19.2 Å². The van der Waals surface area contributed by atoms with E-state index < -0.39 is 0 Å². The topological polar surface area (TPSA) is 66.0 Å². The molecule has 0 fully saturated rings. The maximum atomic E-state index is 5.59. The quantitative estimate of drug-likeness (QED) is 0.807. The molecule has 1 aromatic heterocycles. The molecule has 0 bridgehead atoms. The number of benzene rings is 1. The Bertz CT molecular complexity index is 490. The fraction of sp³-hybridized carbons (Fsp3) is 0.333. The highest BCUT2D eigenvalue weighted by atomic mass is 16.5. The Morgan fingerprint density at radius 3 is 2.53 bits per heavy atom. The highest BCUT2D eigenvalue weighted by molar-refractivity contribution is 5.41. The lowest BCUT2D eigenvalue weighted by atomic mass is 10.3. The van der Waals surface area contributed by atoms with Crippen molar-refractivity contribution in [2.24, 2.45) is 7.05 Å². The van der Waals surface area contributed by atoms with Gasteiger partial charge in [0.1, 0.15) is 17.4 Å². The molecule has 1 heterocycles. The summed E-state index contributed by atoms with van der Waals surface area (Å²) in [4.78, 5) is 0. The Hall–Kier alpha value is -2.04. The predicted octanol–water partition coefficient (Wildman–Crippen LogP) is 1.33. The highest BCUT2D eigenvalue weighted by Crippen LogP contribution is 2.13. The van der Waals surface area contributed by atoms with Crippen LogP contribution in [0.4, 0.5) is 5.69 Å². The van der Waals surface area contributed by atoms with Crippen LogP contribution in [0.3, 0.4) is 0 Å². The second kappa shape index (κ2) is 4.86. The van der Waals surface area contributed by atoms with E-state index >= 15 is 0 Å². The lowest BCUT2D eigenvalue weighted by Crippen LogP contribution is -2.07. The molecule has 0 aliphatic carbocycles. The normalized spacial score (nSPS) is 10.5. The zero-order valence-electron chi connectivity index (χ0n) is 10.1. The van der Waals surface area contributed by atoms with Gasteiger partial charge in [-0.3, -0.25) is 0 Å². The molecule has 2 N–H and O–H groups in total. The van der Waals surface area contributed by atoms with E-state index in [9.17, 15) is 0 Å². The van der Waals surface area contributed by atoms with Gasteiger partial charge in [-0.05, 0) is 31.2 Å². The van der Waals surface area contributed by atoms with Crippen molar-refractivity contribution in [1.29, 1.82) is 0 Å². The standard InChI is InChI=1S/C12H16N4O/c1-9-14-15-12(16(9)2)7-8-17-11-5-3-10(13)4-6-11/h3-6H,7-8,13H2,1-2H3. The monoisotopic (exact) mass is 232 g/mol. The van der Waals surface area contributed by atoms with Crippen LogP contribution in [0.1, 0.15) is 11.6 Å². The molecule has 2 rings (SSSR count). The number of hydrogen-bond acceptors (Lipinski definition) is 4. The van der Waals surface area contributed by atoms with Crippen molar-refractivity contribution < 1.29 is 4.74 Å². The van der Waals surface area contributed by atoms with Crippen LogP contribution in [0.15, 0.2) is 24.3 Å². The smallest absolute Gasteiger partial charge is 0.136 e. The number of rotatable bonds is 4. The summed E-state index contributed by atoms with van der Waals surface area (Å²) in [7, 11) is 1.95. The molecule has 5 heteroatoms. The largest absolute Gasteiger partial charge is 0.493 e. The number of aryl methyl sites for hydroxylation is 1. The Labute approximate surface area is 100 Å². The first-order valence-corrected chi connectivity index (χ1v) is 5.50. The van der Waals surface area contributed by atoms with E-state index in [2.05, 4.69) is 10.2 Å². The average molecular weight is 232 g/mol. The summed E-state index contributed by atoms with van der Waals surface area (Å²) in [6.45, 7) is 2.51. The SMILES string of the molecule is Cc1nnc(CCOc2ccc(N)cc2)n1C. The lowest BCUT2D eigenvalue weighted by Gasteiger charge is -2.06. The van der Waals surface area contributed by atoms with Crippen molar-refractivity contribution in [3.8, 4) is 5.75 Å². The van der Waals surface area contributed by atoms with E-state index in [0.29, 0.717) is 6.61 Å². The van der Waals surface area contributed by atoms with E-state index in [-0.39, 0.29) is 0 Å². The maximum absolute atomic E-state index is 5.59. The summed E-state index contributed by atoms with van der Waals surface area (Å²) in [5.74, 6) is 2.66. The molecular weight excluding hydrogens is 216 g/mol. The Balaban J connectivity index is 1.87. The fourth-order valence-electron chi connectivity index (χ4n) is 1.49. The number of ether oxygens (including phenoxy) is 1. The minimum Gasteiger partial charge on any atom is -0.493 e. The summed E-state index contributed by atoms with van der Waals surface area (Å²) in [5, 5.41) is 8.07. The van der Waals surface area contributed by atoms with E-state index in [0.717, 1.165) is 29.5 Å². The van der Waals surface area contributed by atoms with Crippen LogP contribution in [-0.2, 0) is 13.5 Å². The van der Waals surface area contributed by atoms with Gasteiger partial charge in [0.25, 0.3) is 0 Å². The number of hydrogen-bond donors (Lipinski definition) is 1. The molecule has 0 unspecified atom stereocenters. The van der Waals surface area contributed by atoms with Crippen LogP contribution in [0.2, 0.25) is 0 Å². The second-order valence-corrected chi connectivity index (χ2v) is 3.89.